The highest BCUT2D eigenvalue weighted by Crippen LogP contribution is 2.19. The molecule has 0 spiro atoms. The molecule has 3 rings (SSSR count). The number of aromatic amines is 1. The van der Waals surface area contributed by atoms with Crippen molar-refractivity contribution in [3.05, 3.63) is 78.9 Å². The van der Waals surface area contributed by atoms with Gasteiger partial charge in [-0.3, -0.25) is 29.8 Å². The van der Waals surface area contributed by atoms with Crippen molar-refractivity contribution >= 4 is 40.3 Å². The number of H-pyrrole nitrogens is 1. The van der Waals surface area contributed by atoms with Crippen LogP contribution in [-0.4, -0.2) is 37.3 Å². The molecule has 0 aliphatic carbocycles. The zero-order chi connectivity index (χ0) is 22.8. The van der Waals surface area contributed by atoms with E-state index in [1.807, 2.05) is 0 Å². The number of hydrogen-bond donors (Lipinski definition) is 4. The maximum absolute atomic E-state index is 11.2. The van der Waals surface area contributed by atoms with E-state index in [4.69, 9.17) is 15.6 Å². The smallest absolute Gasteiger partial charge is 0.338 e. The number of carboxylic acids is 1. The number of carbonyl (C=O) groups excluding carboxylic acids is 1. The molecule has 0 bridgehead atoms. The van der Waals surface area contributed by atoms with Gasteiger partial charge >= 0.3 is 5.97 Å². The van der Waals surface area contributed by atoms with Crippen molar-refractivity contribution < 1.29 is 24.5 Å². The summed E-state index contributed by atoms with van der Waals surface area (Å²) < 4.78 is 0. The van der Waals surface area contributed by atoms with Crippen LogP contribution in [0, 0.1) is 20.2 Å². The summed E-state index contributed by atoms with van der Waals surface area (Å²) in [5.74, 6) is -1.28. The number of amides is 1. The van der Waals surface area contributed by atoms with Crippen LogP contribution in [-0.2, 0) is 4.79 Å². The number of primary amides is 1. The molecule has 0 unspecified atom stereocenters. The first-order chi connectivity index (χ1) is 14.1. The molecule has 2 aromatic carbocycles. The van der Waals surface area contributed by atoms with E-state index >= 15 is 0 Å². The molecule has 0 saturated heterocycles. The van der Waals surface area contributed by atoms with Gasteiger partial charge in [-0.2, -0.15) is 0 Å². The second-order valence-electron chi connectivity index (χ2n) is 5.16. The van der Waals surface area contributed by atoms with Crippen LogP contribution < -0.4 is 17.0 Å². The number of aromatic nitrogens is 2. The number of carbonyl (C=O) groups is 2. The van der Waals surface area contributed by atoms with Crippen LogP contribution >= 0.6 is 0 Å². The standard InChI is InChI=1S/C8H5N3O3.C7H6N2O4.CH3NO/c12-8-6-3-5(11(13)14)1-2-7(6)9-4-10-8;8-6-2-1-4(9(12)13)3-5(6)7(10)11;2-1-3/h1-4H,(H,9,10,12);1-3H,8H2,(H,10,11);1H,(H2,2,3). The first kappa shape index (κ1) is 23.2. The first-order valence-electron chi connectivity index (χ1n) is 7.66. The number of nitrogen functional groups attached to an aromatic ring is 1. The first-order valence-corrected chi connectivity index (χ1v) is 7.66. The molecule has 0 fully saturated rings. The van der Waals surface area contributed by atoms with Crippen molar-refractivity contribution in [2.24, 2.45) is 5.73 Å². The van der Waals surface area contributed by atoms with Crippen molar-refractivity contribution in [3.8, 4) is 0 Å². The van der Waals surface area contributed by atoms with Gasteiger partial charge in [0.2, 0.25) is 6.41 Å². The number of aromatic carboxylic acids is 1. The summed E-state index contributed by atoms with van der Waals surface area (Å²) in [6.07, 6.45) is 1.51. The number of carboxylic acid groups (broad SMARTS) is 1. The van der Waals surface area contributed by atoms with Crippen LogP contribution in [0.25, 0.3) is 10.9 Å². The van der Waals surface area contributed by atoms with Crippen molar-refractivity contribution in [3.63, 3.8) is 0 Å². The summed E-state index contributed by atoms with van der Waals surface area (Å²) in [7, 11) is 0. The maximum Gasteiger partial charge on any atom is 0.338 e. The molecule has 1 heterocycles. The quantitative estimate of drug-likeness (QED) is 0.202. The lowest BCUT2D eigenvalue weighted by Gasteiger charge is -1.98. The van der Waals surface area contributed by atoms with E-state index in [2.05, 4.69) is 15.7 Å². The van der Waals surface area contributed by atoms with Gasteiger partial charge in [-0.15, -0.1) is 0 Å². The molecule has 30 heavy (non-hydrogen) atoms. The van der Waals surface area contributed by atoms with Crippen molar-refractivity contribution in [2.75, 3.05) is 5.73 Å². The Morgan fingerprint density at radius 3 is 2.17 bits per heavy atom. The Morgan fingerprint density at radius 1 is 1.10 bits per heavy atom. The highest BCUT2D eigenvalue weighted by atomic mass is 16.6. The van der Waals surface area contributed by atoms with E-state index in [0.717, 1.165) is 12.1 Å². The normalized spacial score (nSPS) is 9.33. The van der Waals surface area contributed by atoms with E-state index in [1.165, 1.54) is 30.6 Å². The second kappa shape index (κ2) is 10.5. The number of hydrogen-bond acceptors (Lipinski definition) is 9. The van der Waals surface area contributed by atoms with Crippen molar-refractivity contribution in [1.82, 2.24) is 9.97 Å². The van der Waals surface area contributed by atoms with Gasteiger partial charge in [-0.05, 0) is 12.1 Å². The van der Waals surface area contributed by atoms with Crippen LogP contribution in [0.3, 0.4) is 0 Å². The maximum atomic E-state index is 11.2. The molecule has 14 nitrogen and oxygen atoms in total. The minimum absolute atomic E-state index is 0.0121. The molecule has 3 aromatic rings. The summed E-state index contributed by atoms with van der Waals surface area (Å²) in [5.41, 5.74) is 8.88. The topological polar surface area (TPSA) is 238 Å². The lowest BCUT2D eigenvalue weighted by atomic mass is 10.1. The summed E-state index contributed by atoms with van der Waals surface area (Å²) >= 11 is 0. The fourth-order valence-electron chi connectivity index (χ4n) is 2.01. The van der Waals surface area contributed by atoms with Crippen molar-refractivity contribution in [1.29, 1.82) is 0 Å². The molecule has 1 amide bonds. The largest absolute Gasteiger partial charge is 0.478 e. The van der Waals surface area contributed by atoms with Gasteiger partial charge in [0, 0.05) is 30.0 Å². The fraction of sp³-hybridized carbons (Fsp3) is 0. The summed E-state index contributed by atoms with van der Waals surface area (Å²) in [4.78, 5) is 56.0. The molecule has 6 N–H and O–H groups in total. The lowest BCUT2D eigenvalue weighted by molar-refractivity contribution is -0.385. The van der Waals surface area contributed by atoms with Crippen LogP contribution in [0.2, 0.25) is 0 Å². The molecule has 0 atom stereocenters. The number of rotatable bonds is 3. The fourth-order valence-corrected chi connectivity index (χ4v) is 2.01. The molecule has 0 aliphatic heterocycles. The number of nitro groups is 2. The molecule has 14 heteroatoms. The van der Waals surface area contributed by atoms with Gasteiger partial charge < -0.3 is 21.6 Å². The van der Waals surface area contributed by atoms with Gasteiger partial charge in [0.15, 0.2) is 0 Å². The molecule has 0 aliphatic rings. The molecular formula is C16H14N6O8. The van der Waals surface area contributed by atoms with Crippen LogP contribution in [0.4, 0.5) is 17.1 Å². The Labute approximate surface area is 166 Å². The molecule has 156 valence electrons. The number of nitrogens with one attached hydrogen (secondary N) is 1. The summed E-state index contributed by atoms with van der Waals surface area (Å²) in [6, 6.07) is 7.25. The average Bonchev–Trinajstić information content (AvgIpc) is 2.69. The Balaban J connectivity index is 0.000000266. The Morgan fingerprint density at radius 2 is 1.63 bits per heavy atom. The zero-order valence-electron chi connectivity index (χ0n) is 14.9. The third kappa shape index (κ3) is 6.08. The second-order valence-corrected chi connectivity index (χ2v) is 5.16. The lowest BCUT2D eigenvalue weighted by Crippen LogP contribution is -2.06. The van der Waals surface area contributed by atoms with Crippen LogP contribution in [0.5, 0.6) is 0 Å². The number of non-ortho nitro benzene ring substituents is 2. The van der Waals surface area contributed by atoms with E-state index in [0.29, 0.717) is 5.52 Å². The van der Waals surface area contributed by atoms with Gasteiger partial charge in [-0.25, -0.2) is 9.78 Å². The van der Waals surface area contributed by atoms with Gasteiger partial charge in [-0.1, -0.05) is 0 Å². The number of anilines is 1. The van der Waals surface area contributed by atoms with Gasteiger partial charge in [0.1, 0.15) is 0 Å². The Kier molecular flexibility index (Phi) is 8.07. The number of fused-ring (bicyclic) bond motifs is 1. The van der Waals surface area contributed by atoms with Gasteiger partial charge in [0.25, 0.3) is 16.9 Å². The summed E-state index contributed by atoms with van der Waals surface area (Å²) in [5, 5.41) is 29.5. The third-order valence-corrected chi connectivity index (χ3v) is 3.31. The average molecular weight is 418 g/mol. The molecule has 0 saturated carbocycles. The predicted molar refractivity (Wildman–Crippen MR) is 104 cm³/mol. The molecule has 0 radical (unpaired) electrons. The Hall–Kier alpha value is -4.88. The zero-order valence-corrected chi connectivity index (χ0v) is 14.9. The number of nitrogens with zero attached hydrogens (tertiary/aromatic N) is 3. The highest BCUT2D eigenvalue weighted by molar-refractivity contribution is 5.94. The van der Waals surface area contributed by atoms with E-state index in [-0.39, 0.29) is 40.0 Å². The number of nitro benzene ring substituents is 2. The molecular weight excluding hydrogens is 404 g/mol. The highest BCUT2D eigenvalue weighted by Gasteiger charge is 2.13. The monoisotopic (exact) mass is 418 g/mol. The van der Waals surface area contributed by atoms with E-state index in [9.17, 15) is 29.8 Å². The SMILES string of the molecule is NC=O.Nc1ccc([N+](=O)[O-])cc1C(=O)O.O=c1[nH]cnc2ccc([N+](=O)[O-])cc12. The number of nitrogens with two attached hydrogens (primary N) is 2. The minimum atomic E-state index is -1.28. The summed E-state index contributed by atoms with van der Waals surface area (Å²) in [6.45, 7) is 0. The van der Waals surface area contributed by atoms with Crippen LogP contribution in [0.15, 0.2) is 47.5 Å². The van der Waals surface area contributed by atoms with E-state index < -0.39 is 15.8 Å². The minimum Gasteiger partial charge on any atom is -0.478 e. The Bertz CT molecular complexity index is 1160. The van der Waals surface area contributed by atoms with E-state index in [1.54, 1.807) is 0 Å². The van der Waals surface area contributed by atoms with Crippen molar-refractivity contribution in [2.45, 2.75) is 0 Å². The third-order valence-electron chi connectivity index (χ3n) is 3.31. The predicted octanol–water partition coefficient (Wildman–Crippen LogP) is 0.808. The number of benzene rings is 2. The van der Waals surface area contributed by atoms with Crippen LogP contribution in [0.1, 0.15) is 10.4 Å². The molecule has 1 aromatic heterocycles. The van der Waals surface area contributed by atoms with Gasteiger partial charge in [0.05, 0.1) is 32.6 Å².